The molecule has 1 unspecified atom stereocenters. The van der Waals surface area contributed by atoms with Crippen LogP contribution in [-0.2, 0) is 28.6 Å². The first-order valence-electron chi connectivity index (χ1n) is 32.2. The second kappa shape index (κ2) is 63.9. The number of hydrogen-bond acceptors (Lipinski definition) is 6. The zero-order chi connectivity index (χ0) is 55.0. The van der Waals surface area contributed by atoms with Gasteiger partial charge in [0.05, 0.1) is 0 Å². The van der Waals surface area contributed by atoms with Gasteiger partial charge in [0.1, 0.15) is 13.2 Å². The van der Waals surface area contributed by atoms with Gasteiger partial charge in [-0.05, 0) is 83.5 Å². The third-order valence-electron chi connectivity index (χ3n) is 13.9. The van der Waals surface area contributed by atoms with Crippen molar-refractivity contribution in [3.63, 3.8) is 0 Å². The number of unbranched alkanes of at least 4 members (excludes halogenated alkanes) is 31. The third-order valence-corrected chi connectivity index (χ3v) is 13.9. The van der Waals surface area contributed by atoms with E-state index in [1.54, 1.807) is 0 Å². The van der Waals surface area contributed by atoms with Gasteiger partial charge in [0.15, 0.2) is 6.10 Å². The first kappa shape index (κ1) is 72.3. The van der Waals surface area contributed by atoms with Gasteiger partial charge in [0.2, 0.25) is 0 Å². The monoisotopic (exact) mass is 1060 g/mol. The van der Waals surface area contributed by atoms with E-state index in [0.717, 1.165) is 122 Å². The Bertz CT molecular complexity index is 1490. The third kappa shape index (κ3) is 61.2. The Balaban J connectivity index is 4.28. The van der Waals surface area contributed by atoms with Gasteiger partial charge in [-0.25, -0.2) is 0 Å². The van der Waals surface area contributed by atoms with Crippen LogP contribution in [0.4, 0.5) is 0 Å². The second-order valence-corrected chi connectivity index (χ2v) is 21.3. The van der Waals surface area contributed by atoms with Crippen LogP contribution < -0.4 is 0 Å². The molecule has 76 heavy (non-hydrogen) atoms. The normalized spacial score (nSPS) is 12.7. The molecule has 0 heterocycles. The molecule has 0 fully saturated rings. The van der Waals surface area contributed by atoms with E-state index in [0.29, 0.717) is 19.3 Å². The number of ether oxygens (including phenoxy) is 3. The highest BCUT2D eigenvalue weighted by atomic mass is 16.6. The molecule has 0 bridgehead atoms. The Hall–Kier alpha value is -3.67. The maximum absolute atomic E-state index is 12.9. The van der Waals surface area contributed by atoms with Gasteiger partial charge in [0.25, 0.3) is 0 Å². The molecule has 0 amide bonds. The van der Waals surface area contributed by atoms with Crippen molar-refractivity contribution >= 4 is 17.9 Å². The van der Waals surface area contributed by atoms with Crippen LogP contribution >= 0.6 is 0 Å². The minimum Gasteiger partial charge on any atom is -0.462 e. The lowest BCUT2D eigenvalue weighted by Crippen LogP contribution is -2.30. The van der Waals surface area contributed by atoms with Gasteiger partial charge >= 0.3 is 17.9 Å². The van der Waals surface area contributed by atoms with E-state index in [-0.39, 0.29) is 31.1 Å². The number of carbonyl (C=O) groups is 3. The predicted molar refractivity (Wildman–Crippen MR) is 330 cm³/mol. The molecule has 0 aliphatic rings. The number of carbonyl (C=O) groups excluding carboxylic acids is 3. The molecule has 0 aromatic rings. The van der Waals surface area contributed by atoms with Crippen LogP contribution in [0.1, 0.15) is 310 Å². The fourth-order valence-corrected chi connectivity index (χ4v) is 9.05. The van der Waals surface area contributed by atoms with E-state index in [4.69, 9.17) is 14.2 Å². The molecule has 0 saturated heterocycles. The number of rotatable bonds is 58. The van der Waals surface area contributed by atoms with Gasteiger partial charge in [-0.1, -0.05) is 304 Å². The highest BCUT2D eigenvalue weighted by Crippen LogP contribution is 2.16. The minimum absolute atomic E-state index is 0.0775. The van der Waals surface area contributed by atoms with Crippen LogP contribution in [0.15, 0.2) is 97.2 Å². The number of allylic oxidation sites excluding steroid dienone is 16. The summed E-state index contributed by atoms with van der Waals surface area (Å²) in [7, 11) is 0. The Labute approximate surface area is 470 Å². The molecule has 0 aliphatic carbocycles. The summed E-state index contributed by atoms with van der Waals surface area (Å²) in [6.07, 6.45) is 85.5. The summed E-state index contributed by atoms with van der Waals surface area (Å²) in [4.78, 5) is 38.2. The van der Waals surface area contributed by atoms with Crippen LogP contribution in [0.5, 0.6) is 0 Å². The van der Waals surface area contributed by atoms with E-state index in [1.165, 1.54) is 148 Å². The smallest absolute Gasteiger partial charge is 0.306 e. The van der Waals surface area contributed by atoms with E-state index >= 15 is 0 Å². The zero-order valence-corrected chi connectivity index (χ0v) is 50.0. The Morgan fingerprint density at radius 3 is 0.803 bits per heavy atom. The van der Waals surface area contributed by atoms with Crippen molar-refractivity contribution in [1.29, 1.82) is 0 Å². The van der Waals surface area contributed by atoms with Crippen molar-refractivity contribution in [1.82, 2.24) is 0 Å². The summed E-state index contributed by atoms with van der Waals surface area (Å²) in [6, 6.07) is 0. The van der Waals surface area contributed by atoms with Gasteiger partial charge in [-0.3, -0.25) is 14.4 Å². The highest BCUT2D eigenvalue weighted by molar-refractivity contribution is 5.71. The lowest BCUT2D eigenvalue weighted by atomic mass is 10.0. The standard InChI is InChI=1S/C70H120O6/c1-4-7-10-13-16-19-22-25-27-28-29-30-31-32-33-34-35-36-37-38-39-40-41-42-44-45-48-51-54-57-60-63-69(72)75-66-67(65-74-68(71)62-59-56-53-50-47-24-21-18-15-12-9-6-3)76-70(73)64-61-58-55-52-49-46-43-26-23-20-17-14-11-8-5-2/h7,10,16,19,25,27,29-30,32-33,35-36,38-39,41-42,67H,4-6,8-9,11-15,17-18,20-24,26,28,31,34,37,40,43-66H2,1-3H3/b10-7-,19-16-,27-25-,30-29-,33-32-,36-35-,39-38-,42-41-. The Morgan fingerprint density at radius 2 is 0.513 bits per heavy atom. The maximum atomic E-state index is 12.9. The molecule has 6 heteroatoms. The van der Waals surface area contributed by atoms with Crippen LogP contribution in [-0.4, -0.2) is 37.2 Å². The Kier molecular flexibility index (Phi) is 60.8. The van der Waals surface area contributed by atoms with Crippen LogP contribution in [0, 0.1) is 0 Å². The highest BCUT2D eigenvalue weighted by Gasteiger charge is 2.19. The summed E-state index contributed by atoms with van der Waals surface area (Å²) in [5, 5.41) is 0. The summed E-state index contributed by atoms with van der Waals surface area (Å²) in [5.74, 6) is -0.881. The zero-order valence-electron chi connectivity index (χ0n) is 50.0. The molecule has 0 aromatic carbocycles. The fraction of sp³-hybridized carbons (Fsp3) is 0.729. The summed E-state index contributed by atoms with van der Waals surface area (Å²) in [6.45, 7) is 6.54. The minimum atomic E-state index is -0.780. The largest absolute Gasteiger partial charge is 0.462 e. The number of esters is 3. The van der Waals surface area contributed by atoms with Crippen molar-refractivity contribution in [2.24, 2.45) is 0 Å². The van der Waals surface area contributed by atoms with E-state index in [2.05, 4.69) is 118 Å². The van der Waals surface area contributed by atoms with E-state index in [1.807, 2.05) is 0 Å². The molecule has 1 atom stereocenters. The molecule has 0 saturated carbocycles. The topological polar surface area (TPSA) is 78.9 Å². The van der Waals surface area contributed by atoms with Crippen molar-refractivity contribution in [3.8, 4) is 0 Å². The maximum Gasteiger partial charge on any atom is 0.306 e. The SMILES string of the molecule is CC/C=C\C/C=C\C/C=C\C/C=C\C/C=C\C/C=C\C/C=C\C/C=C\CCCCCCCCC(=O)OCC(COC(=O)CCCCCCCCCCCCCC)OC(=O)CCCCCCCCCCCCCCCCC. The van der Waals surface area contributed by atoms with Crippen LogP contribution in [0.25, 0.3) is 0 Å². The molecular weight excluding hydrogens is 937 g/mol. The van der Waals surface area contributed by atoms with Crippen molar-refractivity contribution in [2.75, 3.05) is 13.2 Å². The average molecular weight is 1060 g/mol. The lowest BCUT2D eigenvalue weighted by molar-refractivity contribution is -0.167. The quantitative estimate of drug-likeness (QED) is 0.0261. The lowest BCUT2D eigenvalue weighted by Gasteiger charge is -2.18. The van der Waals surface area contributed by atoms with Crippen molar-refractivity contribution in [3.05, 3.63) is 97.2 Å². The van der Waals surface area contributed by atoms with Gasteiger partial charge in [0, 0.05) is 19.3 Å². The molecule has 0 aliphatic heterocycles. The van der Waals surface area contributed by atoms with Crippen molar-refractivity contribution in [2.45, 2.75) is 316 Å². The molecule has 0 radical (unpaired) electrons. The summed E-state index contributed by atoms with van der Waals surface area (Å²) in [5.41, 5.74) is 0. The van der Waals surface area contributed by atoms with Gasteiger partial charge in [-0.2, -0.15) is 0 Å². The first-order chi connectivity index (χ1) is 37.5. The number of hydrogen-bond donors (Lipinski definition) is 0. The van der Waals surface area contributed by atoms with Crippen LogP contribution in [0.2, 0.25) is 0 Å². The predicted octanol–water partition coefficient (Wildman–Crippen LogP) is 22.0. The molecular formula is C70H120O6. The molecule has 0 spiro atoms. The fourth-order valence-electron chi connectivity index (χ4n) is 9.05. The summed E-state index contributed by atoms with van der Waals surface area (Å²) < 4.78 is 16.9. The van der Waals surface area contributed by atoms with Gasteiger partial charge < -0.3 is 14.2 Å². The molecule has 6 nitrogen and oxygen atoms in total. The van der Waals surface area contributed by atoms with E-state index < -0.39 is 6.10 Å². The average Bonchev–Trinajstić information content (AvgIpc) is 3.42. The Morgan fingerprint density at radius 1 is 0.276 bits per heavy atom. The van der Waals surface area contributed by atoms with E-state index in [9.17, 15) is 14.4 Å². The molecule has 436 valence electrons. The molecule has 0 rings (SSSR count). The summed E-state index contributed by atoms with van der Waals surface area (Å²) >= 11 is 0. The van der Waals surface area contributed by atoms with Gasteiger partial charge in [-0.15, -0.1) is 0 Å². The molecule has 0 aromatic heterocycles. The first-order valence-corrected chi connectivity index (χ1v) is 32.2. The second-order valence-electron chi connectivity index (χ2n) is 21.3. The van der Waals surface area contributed by atoms with Crippen molar-refractivity contribution < 1.29 is 28.6 Å². The van der Waals surface area contributed by atoms with Crippen LogP contribution in [0.3, 0.4) is 0 Å². The molecule has 0 N–H and O–H groups in total.